The zero-order valence-electron chi connectivity index (χ0n) is 4.85. The summed E-state index contributed by atoms with van der Waals surface area (Å²) in [5.74, 6) is -4.36. The van der Waals surface area contributed by atoms with Gasteiger partial charge in [0.15, 0.2) is 6.17 Å². The van der Waals surface area contributed by atoms with Gasteiger partial charge < -0.3 is 0 Å². The van der Waals surface area contributed by atoms with E-state index < -0.39 is 16.7 Å². The third kappa shape index (κ3) is 1.89. The highest BCUT2D eigenvalue weighted by atomic mass is 35.5. The van der Waals surface area contributed by atoms with E-state index in [1.54, 1.807) is 0 Å². The monoisotopic (exact) mass is 198 g/mol. The second-order valence-electron chi connectivity index (χ2n) is 1.74. The molecule has 0 aliphatic carbocycles. The predicted octanol–water partition coefficient (Wildman–Crippen LogP) is 3.08. The Balaban J connectivity index is 4.40. The Labute approximate surface area is 65.1 Å². The van der Waals surface area contributed by atoms with Crippen molar-refractivity contribution in [3.63, 3.8) is 0 Å². The van der Waals surface area contributed by atoms with Crippen LogP contribution in [0.3, 0.4) is 0 Å². The molecule has 0 nitrogen and oxygen atoms in total. The zero-order chi connectivity index (χ0) is 8.58. The van der Waals surface area contributed by atoms with Crippen molar-refractivity contribution in [1.29, 1.82) is 0 Å². The Bertz CT molecular complexity index is 117. The van der Waals surface area contributed by atoms with Crippen molar-refractivity contribution in [3.8, 4) is 0 Å². The minimum absolute atomic E-state index is 0.471. The first-order chi connectivity index (χ1) is 4.19. The maximum absolute atomic E-state index is 12.0. The van der Waals surface area contributed by atoms with E-state index in [0.717, 1.165) is 0 Å². The van der Waals surface area contributed by atoms with Gasteiger partial charge in [-0.1, -0.05) is 23.2 Å². The first-order valence-corrected chi connectivity index (χ1v) is 3.04. The fraction of sp³-hybridized carbons (Fsp3) is 1.00. The Morgan fingerprint density at radius 2 is 1.50 bits per heavy atom. The predicted molar refractivity (Wildman–Crippen MR) is 31.1 cm³/mol. The van der Waals surface area contributed by atoms with Gasteiger partial charge in [0.2, 0.25) is 0 Å². The number of hydrogen-bond acceptors (Lipinski definition) is 0. The minimum atomic E-state index is -4.36. The van der Waals surface area contributed by atoms with Crippen LogP contribution in [0, 0.1) is 0 Å². The lowest BCUT2D eigenvalue weighted by Gasteiger charge is -2.22. The molecule has 0 saturated carbocycles. The third-order valence-electron chi connectivity index (χ3n) is 0.878. The molecule has 6 heteroatoms. The molecular weight excluding hydrogens is 195 g/mol. The summed E-state index contributed by atoms with van der Waals surface area (Å²) >= 11 is 8.66. The van der Waals surface area contributed by atoms with Gasteiger partial charge >= 0.3 is 10.5 Å². The molecule has 62 valence electrons. The summed E-state index contributed by atoms with van der Waals surface area (Å²) in [5.41, 5.74) is 0. The van der Waals surface area contributed by atoms with E-state index in [0.29, 0.717) is 6.92 Å². The second-order valence-corrected chi connectivity index (χ2v) is 2.97. The quantitative estimate of drug-likeness (QED) is 0.473. The highest BCUT2D eigenvalue weighted by Gasteiger charge is 2.57. The van der Waals surface area contributed by atoms with Gasteiger partial charge in [0, 0.05) is 0 Å². The van der Waals surface area contributed by atoms with Crippen molar-refractivity contribution in [2.75, 3.05) is 0 Å². The molecule has 1 unspecified atom stereocenters. The van der Waals surface area contributed by atoms with E-state index in [2.05, 4.69) is 23.2 Å². The number of alkyl halides is 6. The number of halogens is 6. The van der Waals surface area contributed by atoms with E-state index in [1.807, 2.05) is 0 Å². The molecule has 1 atom stereocenters. The van der Waals surface area contributed by atoms with E-state index in [4.69, 9.17) is 0 Å². The van der Waals surface area contributed by atoms with Gasteiger partial charge in [0.1, 0.15) is 0 Å². The summed E-state index contributed by atoms with van der Waals surface area (Å²) in [6.45, 7) is 0.471. The minimum Gasteiger partial charge on any atom is -0.241 e. The molecule has 0 aromatic carbocycles. The summed E-state index contributed by atoms with van der Waals surface area (Å²) in [6, 6.07) is 0. The van der Waals surface area contributed by atoms with Crippen LogP contribution in [0.4, 0.5) is 17.6 Å². The van der Waals surface area contributed by atoms with Crippen molar-refractivity contribution in [3.05, 3.63) is 0 Å². The molecule has 0 saturated heterocycles. The summed E-state index contributed by atoms with van der Waals surface area (Å²) in [5, 5.41) is 0. The van der Waals surface area contributed by atoms with E-state index in [9.17, 15) is 17.6 Å². The van der Waals surface area contributed by atoms with Crippen molar-refractivity contribution in [1.82, 2.24) is 0 Å². The number of rotatable bonds is 2. The summed E-state index contributed by atoms with van der Waals surface area (Å²) in [6.07, 6.45) is -2.72. The van der Waals surface area contributed by atoms with Crippen LogP contribution in [0.25, 0.3) is 0 Å². The van der Waals surface area contributed by atoms with Crippen LogP contribution in [-0.2, 0) is 0 Å². The Kier molecular flexibility index (Phi) is 2.82. The first kappa shape index (κ1) is 10.3. The molecule has 0 N–H and O–H groups in total. The molecule has 0 heterocycles. The van der Waals surface area contributed by atoms with Crippen LogP contribution >= 0.6 is 23.2 Å². The van der Waals surface area contributed by atoms with Crippen LogP contribution in [0.15, 0.2) is 0 Å². The van der Waals surface area contributed by atoms with Crippen molar-refractivity contribution in [2.45, 2.75) is 23.6 Å². The van der Waals surface area contributed by atoms with Crippen LogP contribution < -0.4 is 0 Å². The lowest BCUT2D eigenvalue weighted by atomic mass is 10.2. The smallest absolute Gasteiger partial charge is 0.241 e. The van der Waals surface area contributed by atoms with Gasteiger partial charge in [-0.3, -0.25) is 0 Å². The summed E-state index contributed by atoms with van der Waals surface area (Å²) in [7, 11) is 0. The summed E-state index contributed by atoms with van der Waals surface area (Å²) < 4.78 is 44.0. The average Bonchev–Trinajstić information content (AvgIpc) is 1.62. The van der Waals surface area contributed by atoms with Crippen LogP contribution in [0.2, 0.25) is 0 Å². The molecule has 0 bridgehead atoms. The van der Waals surface area contributed by atoms with E-state index in [1.165, 1.54) is 0 Å². The molecule has 0 rings (SSSR count). The standard InChI is InChI=1S/C4H4Cl2F4/c1-2(7)3(8,9)4(5,6)10/h2H,1H3. The maximum atomic E-state index is 12.0. The molecular formula is C4H4Cl2F4. The SMILES string of the molecule is CC(F)C(F)(F)C(F)(Cl)Cl. The molecule has 10 heavy (non-hydrogen) atoms. The van der Waals surface area contributed by atoms with Gasteiger partial charge in [-0.15, -0.1) is 0 Å². The molecule has 0 spiro atoms. The van der Waals surface area contributed by atoms with Crippen molar-refractivity contribution in [2.24, 2.45) is 0 Å². The Morgan fingerprint density at radius 1 is 1.20 bits per heavy atom. The molecule has 0 radical (unpaired) electrons. The Morgan fingerprint density at radius 3 is 1.50 bits per heavy atom. The molecule has 0 aromatic heterocycles. The highest BCUT2D eigenvalue weighted by Crippen LogP contribution is 2.43. The first-order valence-electron chi connectivity index (χ1n) is 2.28. The van der Waals surface area contributed by atoms with Crippen LogP contribution in [-0.4, -0.2) is 16.7 Å². The molecule has 0 aliphatic heterocycles. The normalized spacial score (nSPS) is 17.1. The van der Waals surface area contributed by atoms with Gasteiger partial charge in [0.05, 0.1) is 0 Å². The molecule has 0 aromatic rings. The van der Waals surface area contributed by atoms with E-state index in [-0.39, 0.29) is 0 Å². The van der Waals surface area contributed by atoms with Crippen LogP contribution in [0.5, 0.6) is 0 Å². The van der Waals surface area contributed by atoms with Gasteiger partial charge in [0.25, 0.3) is 0 Å². The number of hydrogen-bond donors (Lipinski definition) is 0. The van der Waals surface area contributed by atoms with E-state index >= 15 is 0 Å². The van der Waals surface area contributed by atoms with Gasteiger partial charge in [-0.25, -0.2) is 8.78 Å². The zero-order valence-corrected chi connectivity index (χ0v) is 6.36. The lowest BCUT2D eigenvalue weighted by molar-refractivity contribution is -0.110. The maximum Gasteiger partial charge on any atom is 0.339 e. The fourth-order valence-electron chi connectivity index (χ4n) is 0.226. The highest BCUT2D eigenvalue weighted by molar-refractivity contribution is 6.47. The van der Waals surface area contributed by atoms with Crippen molar-refractivity contribution >= 4 is 23.2 Å². The van der Waals surface area contributed by atoms with Crippen molar-refractivity contribution < 1.29 is 17.6 Å². The third-order valence-corrected chi connectivity index (χ3v) is 1.38. The van der Waals surface area contributed by atoms with Gasteiger partial charge in [-0.2, -0.15) is 8.78 Å². The van der Waals surface area contributed by atoms with Gasteiger partial charge in [-0.05, 0) is 6.92 Å². The molecule has 0 amide bonds. The van der Waals surface area contributed by atoms with Crippen LogP contribution in [0.1, 0.15) is 6.92 Å². The largest absolute Gasteiger partial charge is 0.339 e. The molecule has 0 fully saturated rings. The lowest BCUT2D eigenvalue weighted by Crippen LogP contribution is -2.41. The Hall–Kier alpha value is 0.300. The summed E-state index contributed by atoms with van der Waals surface area (Å²) in [4.78, 5) is 0. The molecule has 0 aliphatic rings. The topological polar surface area (TPSA) is 0 Å². The fourth-order valence-corrected chi connectivity index (χ4v) is 0.526. The average molecular weight is 199 g/mol. The second kappa shape index (κ2) is 2.74.